The number of furan rings is 1. The summed E-state index contributed by atoms with van der Waals surface area (Å²) in [5, 5.41) is 3.65. The summed E-state index contributed by atoms with van der Waals surface area (Å²) in [6.45, 7) is 1.04. The molecule has 0 saturated heterocycles. The van der Waals surface area contributed by atoms with Gasteiger partial charge in [0.1, 0.15) is 11.5 Å². The van der Waals surface area contributed by atoms with Gasteiger partial charge in [-0.1, -0.05) is 12.1 Å². The van der Waals surface area contributed by atoms with E-state index < -0.39 is 0 Å². The molecule has 1 aromatic heterocycles. The second-order valence-electron chi connectivity index (χ2n) is 5.89. The van der Waals surface area contributed by atoms with Gasteiger partial charge in [0.05, 0.1) is 13.4 Å². The van der Waals surface area contributed by atoms with Crippen molar-refractivity contribution in [3.63, 3.8) is 0 Å². The molecular formula is C18H23NO2. The summed E-state index contributed by atoms with van der Waals surface area (Å²) in [5.41, 5.74) is 1.32. The van der Waals surface area contributed by atoms with Gasteiger partial charge in [0.25, 0.3) is 0 Å². The third-order valence-corrected chi connectivity index (χ3v) is 4.00. The molecule has 1 atom stereocenters. The Kier molecular flexibility index (Phi) is 4.61. The molecule has 3 nitrogen and oxygen atoms in total. The molecule has 0 amide bonds. The predicted molar refractivity (Wildman–Crippen MR) is 83.6 cm³/mol. The van der Waals surface area contributed by atoms with Gasteiger partial charge in [-0.2, -0.15) is 0 Å². The van der Waals surface area contributed by atoms with E-state index in [1.54, 1.807) is 13.4 Å². The number of benzene rings is 1. The van der Waals surface area contributed by atoms with Crippen molar-refractivity contribution in [3.8, 4) is 5.75 Å². The molecule has 1 aliphatic carbocycles. The molecule has 1 aliphatic rings. The maximum absolute atomic E-state index is 5.52. The zero-order valence-electron chi connectivity index (χ0n) is 12.5. The van der Waals surface area contributed by atoms with Crippen molar-refractivity contribution < 1.29 is 9.15 Å². The van der Waals surface area contributed by atoms with Crippen molar-refractivity contribution in [2.45, 2.75) is 31.7 Å². The van der Waals surface area contributed by atoms with Gasteiger partial charge >= 0.3 is 0 Å². The average Bonchev–Trinajstić information content (AvgIpc) is 3.21. The highest BCUT2D eigenvalue weighted by molar-refractivity contribution is 5.28. The van der Waals surface area contributed by atoms with Crippen LogP contribution in [0.1, 0.15) is 24.2 Å². The van der Waals surface area contributed by atoms with Crippen molar-refractivity contribution >= 4 is 0 Å². The number of hydrogen-bond donors (Lipinski definition) is 1. The molecule has 112 valence electrons. The summed E-state index contributed by atoms with van der Waals surface area (Å²) >= 11 is 0. The van der Waals surface area contributed by atoms with Crippen molar-refractivity contribution in [2.24, 2.45) is 5.92 Å². The van der Waals surface area contributed by atoms with Crippen LogP contribution in [-0.2, 0) is 12.8 Å². The molecule has 1 N–H and O–H groups in total. The standard InChI is InChI=1S/C18H23NO2/c1-20-17-5-2-4-14(11-17)10-15(13-19-16-7-8-16)12-18-6-3-9-21-18/h2-6,9,11,15-16,19H,7-8,10,12-13H2,1H3. The van der Waals surface area contributed by atoms with E-state index in [0.717, 1.165) is 36.9 Å². The summed E-state index contributed by atoms with van der Waals surface area (Å²) in [5.74, 6) is 2.55. The van der Waals surface area contributed by atoms with Gasteiger partial charge in [-0.3, -0.25) is 0 Å². The largest absolute Gasteiger partial charge is 0.497 e. The van der Waals surface area contributed by atoms with Crippen molar-refractivity contribution in [2.75, 3.05) is 13.7 Å². The maximum atomic E-state index is 5.52. The van der Waals surface area contributed by atoms with Crippen LogP contribution in [0.5, 0.6) is 5.75 Å². The minimum absolute atomic E-state index is 0.545. The lowest BCUT2D eigenvalue weighted by atomic mass is 9.95. The first kappa shape index (κ1) is 14.2. The third kappa shape index (κ3) is 4.36. The SMILES string of the molecule is COc1cccc(CC(CNC2CC2)Cc2ccco2)c1. The van der Waals surface area contributed by atoms with Gasteiger partial charge < -0.3 is 14.5 Å². The Bertz CT molecular complexity index is 546. The smallest absolute Gasteiger partial charge is 0.119 e. The van der Waals surface area contributed by atoms with Crippen LogP contribution in [0.25, 0.3) is 0 Å². The number of methoxy groups -OCH3 is 1. The van der Waals surface area contributed by atoms with Crippen molar-refractivity contribution in [3.05, 3.63) is 54.0 Å². The Morgan fingerprint density at radius 3 is 2.86 bits per heavy atom. The Labute approximate surface area is 126 Å². The molecule has 0 aliphatic heterocycles. The van der Waals surface area contributed by atoms with Gasteiger partial charge in [0.15, 0.2) is 0 Å². The van der Waals surface area contributed by atoms with Crippen LogP contribution < -0.4 is 10.1 Å². The first-order chi connectivity index (χ1) is 10.3. The zero-order valence-corrected chi connectivity index (χ0v) is 12.5. The molecule has 0 radical (unpaired) electrons. The topological polar surface area (TPSA) is 34.4 Å². The van der Waals surface area contributed by atoms with E-state index >= 15 is 0 Å². The van der Waals surface area contributed by atoms with E-state index in [4.69, 9.17) is 9.15 Å². The van der Waals surface area contributed by atoms with Crippen LogP contribution in [0.3, 0.4) is 0 Å². The highest BCUT2D eigenvalue weighted by atomic mass is 16.5. The Hall–Kier alpha value is -1.74. The van der Waals surface area contributed by atoms with Gasteiger partial charge in [-0.25, -0.2) is 0 Å². The lowest BCUT2D eigenvalue weighted by Crippen LogP contribution is -2.27. The Morgan fingerprint density at radius 2 is 2.14 bits per heavy atom. The summed E-state index contributed by atoms with van der Waals surface area (Å²) in [4.78, 5) is 0. The minimum Gasteiger partial charge on any atom is -0.497 e. The van der Waals surface area contributed by atoms with Gasteiger partial charge in [-0.05, 0) is 61.6 Å². The fourth-order valence-electron chi connectivity index (χ4n) is 2.68. The molecule has 1 unspecified atom stereocenters. The van der Waals surface area contributed by atoms with Crippen LogP contribution in [0.15, 0.2) is 47.1 Å². The molecule has 0 spiro atoms. The van der Waals surface area contributed by atoms with E-state index in [-0.39, 0.29) is 0 Å². The molecule has 0 bridgehead atoms. The van der Waals surface area contributed by atoms with E-state index in [1.807, 2.05) is 12.1 Å². The maximum Gasteiger partial charge on any atom is 0.119 e. The molecule has 3 rings (SSSR count). The first-order valence-corrected chi connectivity index (χ1v) is 7.72. The summed E-state index contributed by atoms with van der Waals surface area (Å²) in [6.07, 6.45) is 6.42. The molecule has 1 aromatic carbocycles. The van der Waals surface area contributed by atoms with Gasteiger partial charge in [0.2, 0.25) is 0 Å². The van der Waals surface area contributed by atoms with Crippen LogP contribution in [-0.4, -0.2) is 19.7 Å². The van der Waals surface area contributed by atoms with Crippen LogP contribution >= 0.6 is 0 Å². The molecular weight excluding hydrogens is 262 g/mol. The zero-order chi connectivity index (χ0) is 14.5. The summed E-state index contributed by atoms with van der Waals surface area (Å²) < 4.78 is 10.8. The highest BCUT2D eigenvalue weighted by Gasteiger charge is 2.22. The van der Waals surface area contributed by atoms with E-state index in [1.165, 1.54) is 18.4 Å². The quantitative estimate of drug-likeness (QED) is 0.807. The van der Waals surface area contributed by atoms with Crippen LogP contribution in [0.4, 0.5) is 0 Å². The lowest BCUT2D eigenvalue weighted by Gasteiger charge is -2.17. The normalized spacial score (nSPS) is 15.9. The van der Waals surface area contributed by atoms with E-state index in [0.29, 0.717) is 5.92 Å². The summed E-state index contributed by atoms with van der Waals surface area (Å²) in [7, 11) is 1.72. The molecule has 2 aromatic rings. The number of ether oxygens (including phenoxy) is 1. The van der Waals surface area contributed by atoms with Crippen LogP contribution in [0, 0.1) is 5.92 Å². The third-order valence-electron chi connectivity index (χ3n) is 4.00. The Balaban J connectivity index is 1.64. The lowest BCUT2D eigenvalue weighted by molar-refractivity contribution is 0.406. The van der Waals surface area contributed by atoms with Crippen molar-refractivity contribution in [1.82, 2.24) is 5.32 Å². The molecule has 1 saturated carbocycles. The fourth-order valence-corrected chi connectivity index (χ4v) is 2.68. The number of hydrogen-bond acceptors (Lipinski definition) is 3. The van der Waals surface area contributed by atoms with Gasteiger partial charge in [-0.15, -0.1) is 0 Å². The molecule has 21 heavy (non-hydrogen) atoms. The molecule has 1 heterocycles. The summed E-state index contributed by atoms with van der Waals surface area (Å²) in [6, 6.07) is 13.1. The van der Waals surface area contributed by atoms with E-state index in [9.17, 15) is 0 Å². The fraction of sp³-hybridized carbons (Fsp3) is 0.444. The monoisotopic (exact) mass is 285 g/mol. The molecule has 1 fully saturated rings. The minimum atomic E-state index is 0.545. The first-order valence-electron chi connectivity index (χ1n) is 7.72. The second kappa shape index (κ2) is 6.81. The van der Waals surface area contributed by atoms with E-state index in [2.05, 4.69) is 29.6 Å². The van der Waals surface area contributed by atoms with Gasteiger partial charge in [0, 0.05) is 12.5 Å². The second-order valence-corrected chi connectivity index (χ2v) is 5.89. The average molecular weight is 285 g/mol. The predicted octanol–water partition coefficient (Wildman–Crippen LogP) is 3.44. The highest BCUT2D eigenvalue weighted by Crippen LogP contribution is 2.22. The number of nitrogens with one attached hydrogen (secondary N) is 1. The van der Waals surface area contributed by atoms with Crippen molar-refractivity contribution in [1.29, 1.82) is 0 Å². The Morgan fingerprint density at radius 1 is 1.24 bits per heavy atom. The molecule has 3 heteroatoms. The number of rotatable bonds is 8. The van der Waals surface area contributed by atoms with Crippen LogP contribution in [0.2, 0.25) is 0 Å².